The van der Waals surface area contributed by atoms with E-state index in [1.165, 1.54) is 10.9 Å². The van der Waals surface area contributed by atoms with E-state index in [0.29, 0.717) is 53.4 Å². The Hall–Kier alpha value is -2.97. The maximum atomic E-state index is 12.7. The Labute approximate surface area is 182 Å². The van der Waals surface area contributed by atoms with E-state index in [0.717, 1.165) is 0 Å². The van der Waals surface area contributed by atoms with Gasteiger partial charge in [-0.2, -0.15) is 5.10 Å². The van der Waals surface area contributed by atoms with Crippen LogP contribution in [0.15, 0.2) is 53.3 Å². The van der Waals surface area contributed by atoms with Crippen LogP contribution < -0.4 is 4.74 Å². The Morgan fingerprint density at radius 2 is 1.73 bits per heavy atom. The number of ether oxygens (including phenoxy) is 1. The Morgan fingerprint density at radius 3 is 2.43 bits per heavy atom. The van der Waals surface area contributed by atoms with Crippen LogP contribution >= 0.6 is 23.2 Å². The fourth-order valence-electron chi connectivity index (χ4n) is 3.11. The Bertz CT molecular complexity index is 1040. The summed E-state index contributed by atoms with van der Waals surface area (Å²) in [5.41, 5.74) is 0.307. The third-order valence-corrected chi connectivity index (χ3v) is 5.52. The zero-order valence-corrected chi connectivity index (χ0v) is 17.3. The van der Waals surface area contributed by atoms with Gasteiger partial charge in [-0.15, -0.1) is 0 Å². The first-order chi connectivity index (χ1) is 14.5. The average molecular weight is 449 g/mol. The monoisotopic (exact) mass is 448 g/mol. The highest BCUT2D eigenvalue weighted by Crippen LogP contribution is 2.31. The van der Waals surface area contributed by atoms with Crippen molar-refractivity contribution in [3.8, 4) is 5.75 Å². The van der Waals surface area contributed by atoms with E-state index >= 15 is 0 Å². The molecule has 0 unspecified atom stereocenters. The Kier molecular flexibility index (Phi) is 5.96. The van der Waals surface area contributed by atoms with Crippen LogP contribution in [-0.4, -0.2) is 57.6 Å². The molecule has 0 aliphatic carbocycles. The normalized spacial score (nSPS) is 14.1. The summed E-state index contributed by atoms with van der Waals surface area (Å²) in [7, 11) is 0. The second-order valence-corrected chi connectivity index (χ2v) is 7.41. The molecule has 0 N–H and O–H groups in total. The van der Waals surface area contributed by atoms with E-state index in [2.05, 4.69) is 5.10 Å². The highest BCUT2D eigenvalue weighted by Gasteiger charge is 2.27. The van der Waals surface area contributed by atoms with Crippen LogP contribution in [0.25, 0.3) is 0 Å². The molecular weight excluding hydrogens is 431 g/mol. The molecule has 3 heterocycles. The number of halogens is 2. The molecule has 8 nitrogen and oxygen atoms in total. The number of carbonyl (C=O) groups is 2. The third kappa shape index (κ3) is 4.29. The summed E-state index contributed by atoms with van der Waals surface area (Å²) < 4.78 is 12.3. The number of amides is 2. The number of hydrogen-bond donors (Lipinski definition) is 0. The minimum Gasteiger partial charge on any atom is -0.470 e. The van der Waals surface area contributed by atoms with Crippen molar-refractivity contribution in [1.29, 1.82) is 0 Å². The third-order valence-electron chi connectivity index (χ3n) is 4.71. The van der Waals surface area contributed by atoms with E-state index < -0.39 is 0 Å². The fourth-order valence-corrected chi connectivity index (χ4v) is 3.46. The van der Waals surface area contributed by atoms with E-state index in [9.17, 15) is 9.59 Å². The van der Waals surface area contributed by atoms with Gasteiger partial charge in [-0.1, -0.05) is 29.3 Å². The molecule has 1 saturated heterocycles. The standard InChI is InChI=1S/C20H18Cl2N4O4/c21-14-3-1-4-16(18(14)22)30-13-26-7-6-15(23-26)19(27)24-8-10-25(11-9-24)20(28)17-5-2-12-29-17/h1-7,12H,8-11,13H2. The molecule has 30 heavy (non-hydrogen) atoms. The van der Waals surface area contributed by atoms with Crippen molar-refractivity contribution in [2.75, 3.05) is 26.2 Å². The van der Waals surface area contributed by atoms with Crippen molar-refractivity contribution in [2.45, 2.75) is 6.73 Å². The van der Waals surface area contributed by atoms with E-state index in [-0.39, 0.29) is 18.5 Å². The zero-order valence-electron chi connectivity index (χ0n) is 15.8. The van der Waals surface area contributed by atoms with Crippen molar-refractivity contribution in [1.82, 2.24) is 19.6 Å². The van der Waals surface area contributed by atoms with Crippen molar-refractivity contribution in [2.24, 2.45) is 0 Å². The van der Waals surface area contributed by atoms with Gasteiger partial charge in [0.15, 0.2) is 18.2 Å². The Balaban J connectivity index is 1.32. The van der Waals surface area contributed by atoms with E-state index in [1.807, 2.05) is 0 Å². The molecule has 0 radical (unpaired) electrons. The molecule has 0 saturated carbocycles. The van der Waals surface area contributed by atoms with Crippen LogP contribution in [0, 0.1) is 0 Å². The molecule has 2 aromatic heterocycles. The first kappa shape index (κ1) is 20.3. The van der Waals surface area contributed by atoms with Crippen LogP contribution in [-0.2, 0) is 6.73 Å². The summed E-state index contributed by atoms with van der Waals surface area (Å²) in [6.45, 7) is 1.79. The lowest BCUT2D eigenvalue weighted by Gasteiger charge is -2.33. The highest BCUT2D eigenvalue weighted by atomic mass is 35.5. The summed E-state index contributed by atoms with van der Waals surface area (Å²) in [5, 5.41) is 5.00. The minimum absolute atomic E-state index is 0.0821. The molecule has 10 heteroatoms. The molecule has 1 aliphatic heterocycles. The summed E-state index contributed by atoms with van der Waals surface area (Å²) in [6, 6.07) is 10.0. The van der Waals surface area contributed by atoms with Gasteiger partial charge in [0.2, 0.25) is 0 Å². The number of hydrogen-bond acceptors (Lipinski definition) is 5. The van der Waals surface area contributed by atoms with Gasteiger partial charge in [0.05, 0.1) is 11.3 Å². The topological polar surface area (TPSA) is 80.8 Å². The SMILES string of the molecule is O=C(c1ccn(COc2cccc(Cl)c2Cl)n1)N1CCN(C(=O)c2ccco2)CC1. The number of piperazine rings is 1. The summed E-state index contributed by atoms with van der Waals surface area (Å²) in [6.07, 6.45) is 3.12. The van der Waals surface area contributed by atoms with Crippen molar-refractivity contribution >= 4 is 35.0 Å². The molecular formula is C20H18Cl2N4O4. The zero-order chi connectivity index (χ0) is 21.1. The largest absolute Gasteiger partial charge is 0.470 e. The second-order valence-electron chi connectivity index (χ2n) is 6.63. The lowest BCUT2D eigenvalue weighted by molar-refractivity contribution is 0.0514. The van der Waals surface area contributed by atoms with Gasteiger partial charge in [-0.25, -0.2) is 4.68 Å². The first-order valence-corrected chi connectivity index (χ1v) is 10.0. The molecule has 0 bridgehead atoms. The van der Waals surface area contributed by atoms with Gasteiger partial charge < -0.3 is 19.0 Å². The number of rotatable bonds is 5. The average Bonchev–Trinajstić information content (AvgIpc) is 3.46. The van der Waals surface area contributed by atoms with Crippen LogP contribution in [0.4, 0.5) is 0 Å². The number of benzene rings is 1. The fraction of sp³-hybridized carbons (Fsp3) is 0.250. The molecule has 2 amide bonds. The molecule has 156 valence electrons. The smallest absolute Gasteiger partial charge is 0.289 e. The van der Waals surface area contributed by atoms with Crippen LogP contribution in [0.3, 0.4) is 0 Å². The van der Waals surface area contributed by atoms with Gasteiger partial charge in [0, 0.05) is 32.4 Å². The number of nitrogens with zero attached hydrogens (tertiary/aromatic N) is 4. The molecule has 1 aromatic carbocycles. The Morgan fingerprint density at radius 1 is 1.00 bits per heavy atom. The van der Waals surface area contributed by atoms with Crippen LogP contribution in [0.2, 0.25) is 10.0 Å². The molecule has 0 spiro atoms. The minimum atomic E-state index is -0.195. The van der Waals surface area contributed by atoms with Crippen molar-refractivity contribution in [3.05, 3.63) is 70.4 Å². The number of aromatic nitrogens is 2. The first-order valence-electron chi connectivity index (χ1n) is 9.25. The van der Waals surface area contributed by atoms with Gasteiger partial charge in [-0.05, 0) is 30.3 Å². The predicted molar refractivity (Wildman–Crippen MR) is 110 cm³/mol. The van der Waals surface area contributed by atoms with Crippen molar-refractivity contribution in [3.63, 3.8) is 0 Å². The number of carbonyl (C=O) groups excluding carboxylic acids is 2. The molecule has 4 rings (SSSR count). The van der Waals surface area contributed by atoms with E-state index in [4.69, 9.17) is 32.4 Å². The summed E-state index contributed by atoms with van der Waals surface area (Å²) in [4.78, 5) is 28.4. The van der Waals surface area contributed by atoms with Gasteiger partial charge in [0.1, 0.15) is 10.8 Å². The van der Waals surface area contributed by atoms with Gasteiger partial charge in [0.25, 0.3) is 11.8 Å². The van der Waals surface area contributed by atoms with Crippen LogP contribution in [0.1, 0.15) is 21.0 Å². The van der Waals surface area contributed by atoms with Gasteiger partial charge >= 0.3 is 0 Å². The van der Waals surface area contributed by atoms with E-state index in [1.54, 1.807) is 52.4 Å². The quantitative estimate of drug-likeness (QED) is 0.597. The highest BCUT2D eigenvalue weighted by molar-refractivity contribution is 6.42. The number of furan rings is 1. The van der Waals surface area contributed by atoms with Gasteiger partial charge in [-0.3, -0.25) is 9.59 Å². The molecule has 1 fully saturated rings. The van der Waals surface area contributed by atoms with Crippen molar-refractivity contribution < 1.29 is 18.7 Å². The molecule has 1 aliphatic rings. The summed E-state index contributed by atoms with van der Waals surface area (Å²) >= 11 is 12.1. The lowest BCUT2D eigenvalue weighted by atomic mass is 10.2. The maximum absolute atomic E-state index is 12.7. The molecule has 0 atom stereocenters. The predicted octanol–water partition coefficient (Wildman–Crippen LogP) is 3.42. The lowest BCUT2D eigenvalue weighted by Crippen LogP contribution is -2.50. The van der Waals surface area contributed by atoms with Crippen LogP contribution in [0.5, 0.6) is 5.75 Å². The second kappa shape index (κ2) is 8.81. The molecule has 3 aromatic rings. The maximum Gasteiger partial charge on any atom is 0.289 e. The summed E-state index contributed by atoms with van der Waals surface area (Å²) in [5.74, 6) is 0.367.